The van der Waals surface area contributed by atoms with Crippen molar-refractivity contribution >= 4 is 11.6 Å². The van der Waals surface area contributed by atoms with Gasteiger partial charge in [-0.25, -0.2) is 0 Å². The lowest BCUT2D eigenvalue weighted by Crippen LogP contribution is -2.14. The second kappa shape index (κ2) is 6.21. The molecule has 0 saturated carbocycles. The number of ether oxygens (including phenoxy) is 1. The number of phenols is 1. The van der Waals surface area contributed by atoms with Crippen molar-refractivity contribution in [2.24, 2.45) is 0 Å². The lowest BCUT2D eigenvalue weighted by Gasteiger charge is -2.24. The fraction of sp³-hybridized carbons (Fsp3) is 0.143. The van der Waals surface area contributed by atoms with Crippen LogP contribution >= 0.6 is 11.6 Å². The molecule has 1 atom stereocenters. The monoisotopic (exact) mass is 336 g/mol. The molecule has 1 aliphatic heterocycles. The van der Waals surface area contributed by atoms with Gasteiger partial charge in [0, 0.05) is 17.4 Å². The van der Waals surface area contributed by atoms with Crippen LogP contribution in [0.15, 0.2) is 72.8 Å². The molecule has 1 heterocycles. The number of phenolic OH excluding ortho intramolecular Hbond substituents is 1. The molecule has 1 N–H and O–H groups in total. The maximum Gasteiger partial charge on any atom is 0.134 e. The van der Waals surface area contributed by atoms with Crippen LogP contribution in [-0.2, 0) is 0 Å². The molecule has 1 aliphatic rings. The molecule has 1 unspecified atom stereocenters. The Kier molecular flexibility index (Phi) is 3.91. The first-order valence-electron chi connectivity index (χ1n) is 8.00. The lowest BCUT2D eigenvalue weighted by molar-refractivity contribution is 0.321. The molecule has 3 aromatic carbocycles. The van der Waals surface area contributed by atoms with Gasteiger partial charge in [0.2, 0.25) is 0 Å². The molecule has 2 nitrogen and oxygen atoms in total. The molecule has 24 heavy (non-hydrogen) atoms. The molecule has 0 fully saturated rings. The Balaban J connectivity index is 1.87. The summed E-state index contributed by atoms with van der Waals surface area (Å²) >= 11 is 6.42. The Hall–Kier alpha value is -2.45. The maximum absolute atomic E-state index is 10.0. The van der Waals surface area contributed by atoms with Gasteiger partial charge in [-0.2, -0.15) is 0 Å². The summed E-state index contributed by atoms with van der Waals surface area (Å²) in [5, 5.41) is 10.4. The number of halogens is 1. The molecular formula is C21H17ClO2. The summed E-state index contributed by atoms with van der Waals surface area (Å²) in [4.78, 5) is 0. The van der Waals surface area contributed by atoms with Gasteiger partial charge in [-0.15, -0.1) is 0 Å². The highest BCUT2D eigenvalue weighted by Gasteiger charge is 2.36. The zero-order chi connectivity index (χ0) is 16.5. The number of fused-ring (bicyclic) bond motifs is 1. The number of benzene rings is 3. The van der Waals surface area contributed by atoms with Crippen molar-refractivity contribution in [3.05, 3.63) is 94.5 Å². The third-order valence-corrected chi connectivity index (χ3v) is 5.03. The van der Waals surface area contributed by atoms with E-state index in [2.05, 4.69) is 24.3 Å². The Morgan fingerprint density at radius 2 is 1.46 bits per heavy atom. The van der Waals surface area contributed by atoms with Crippen molar-refractivity contribution in [2.45, 2.75) is 11.8 Å². The van der Waals surface area contributed by atoms with E-state index in [9.17, 15) is 5.11 Å². The standard InChI is InChI=1S/C21H17ClO2/c22-21-17(23)11-12-18-20(21)16(13-24-18)19(14-7-3-1-4-8-14)15-9-5-2-6-10-15/h1-12,16,19,23H,13H2. The van der Waals surface area contributed by atoms with Gasteiger partial charge >= 0.3 is 0 Å². The highest BCUT2D eigenvalue weighted by Crippen LogP contribution is 2.50. The zero-order valence-corrected chi connectivity index (χ0v) is 13.8. The summed E-state index contributed by atoms with van der Waals surface area (Å²) in [5.74, 6) is 1.04. The number of hydrogen-bond donors (Lipinski definition) is 1. The van der Waals surface area contributed by atoms with Crippen LogP contribution in [0.4, 0.5) is 0 Å². The summed E-state index contributed by atoms with van der Waals surface area (Å²) in [6.45, 7) is 0.549. The highest BCUT2D eigenvalue weighted by molar-refractivity contribution is 6.33. The summed E-state index contributed by atoms with van der Waals surface area (Å²) in [7, 11) is 0. The second-order valence-electron chi connectivity index (χ2n) is 6.03. The zero-order valence-electron chi connectivity index (χ0n) is 13.0. The number of hydrogen-bond acceptors (Lipinski definition) is 2. The van der Waals surface area contributed by atoms with Gasteiger partial charge in [-0.05, 0) is 23.3 Å². The third-order valence-electron chi connectivity index (χ3n) is 4.63. The fourth-order valence-corrected chi connectivity index (χ4v) is 3.83. The first-order chi connectivity index (χ1) is 11.8. The average molecular weight is 337 g/mol. The van der Waals surface area contributed by atoms with E-state index in [0.717, 1.165) is 11.3 Å². The lowest BCUT2D eigenvalue weighted by atomic mass is 9.78. The average Bonchev–Trinajstić information content (AvgIpc) is 3.05. The third kappa shape index (κ3) is 2.53. The molecule has 0 radical (unpaired) electrons. The van der Waals surface area contributed by atoms with Crippen molar-refractivity contribution in [2.75, 3.05) is 6.61 Å². The van der Waals surface area contributed by atoms with E-state index >= 15 is 0 Å². The molecule has 0 spiro atoms. The molecule has 120 valence electrons. The molecule has 3 heteroatoms. The van der Waals surface area contributed by atoms with Gasteiger partial charge < -0.3 is 9.84 Å². The molecule has 0 bridgehead atoms. The van der Waals surface area contributed by atoms with E-state index in [1.165, 1.54) is 11.1 Å². The van der Waals surface area contributed by atoms with Crippen LogP contribution in [0.25, 0.3) is 0 Å². The molecule has 0 aromatic heterocycles. The van der Waals surface area contributed by atoms with Crippen LogP contribution in [0.3, 0.4) is 0 Å². The van der Waals surface area contributed by atoms with E-state index in [4.69, 9.17) is 16.3 Å². The summed E-state index contributed by atoms with van der Waals surface area (Å²) < 4.78 is 5.88. The summed E-state index contributed by atoms with van der Waals surface area (Å²) in [6.07, 6.45) is 0. The Labute approximate surface area is 146 Å². The molecular weight excluding hydrogens is 320 g/mol. The van der Waals surface area contributed by atoms with E-state index in [-0.39, 0.29) is 17.6 Å². The van der Waals surface area contributed by atoms with E-state index in [1.54, 1.807) is 12.1 Å². The molecule has 0 amide bonds. The smallest absolute Gasteiger partial charge is 0.134 e. The minimum atomic E-state index is 0.0596. The highest BCUT2D eigenvalue weighted by atomic mass is 35.5. The van der Waals surface area contributed by atoms with Crippen LogP contribution in [0.2, 0.25) is 5.02 Å². The van der Waals surface area contributed by atoms with Crippen molar-refractivity contribution in [1.29, 1.82) is 0 Å². The normalized spacial score (nSPS) is 16.0. The van der Waals surface area contributed by atoms with Gasteiger partial charge in [0.15, 0.2) is 0 Å². The minimum absolute atomic E-state index is 0.0596. The van der Waals surface area contributed by atoms with Gasteiger partial charge in [-0.1, -0.05) is 72.3 Å². The summed E-state index contributed by atoms with van der Waals surface area (Å²) in [6, 6.07) is 24.1. The van der Waals surface area contributed by atoms with Crippen molar-refractivity contribution in [1.82, 2.24) is 0 Å². The van der Waals surface area contributed by atoms with E-state index in [1.807, 2.05) is 36.4 Å². The van der Waals surface area contributed by atoms with Crippen molar-refractivity contribution in [3.8, 4) is 11.5 Å². The first kappa shape index (κ1) is 15.1. The van der Waals surface area contributed by atoms with Crippen molar-refractivity contribution in [3.63, 3.8) is 0 Å². The number of rotatable bonds is 3. The Bertz CT molecular complexity index is 807. The van der Waals surface area contributed by atoms with E-state index < -0.39 is 0 Å². The van der Waals surface area contributed by atoms with Crippen LogP contribution in [0.5, 0.6) is 11.5 Å². The van der Waals surface area contributed by atoms with Crippen LogP contribution in [-0.4, -0.2) is 11.7 Å². The fourth-order valence-electron chi connectivity index (χ4n) is 3.54. The van der Waals surface area contributed by atoms with Crippen molar-refractivity contribution < 1.29 is 9.84 Å². The molecule has 4 rings (SSSR count). The maximum atomic E-state index is 10.0. The SMILES string of the molecule is Oc1ccc2c(c1Cl)C(C(c1ccccc1)c1ccccc1)CO2. The molecule has 0 aliphatic carbocycles. The number of aromatic hydroxyl groups is 1. The van der Waals surface area contributed by atoms with Gasteiger partial charge in [0.1, 0.15) is 11.5 Å². The summed E-state index contributed by atoms with van der Waals surface area (Å²) in [5.41, 5.74) is 3.32. The van der Waals surface area contributed by atoms with Crippen LogP contribution < -0.4 is 4.74 Å². The van der Waals surface area contributed by atoms with Gasteiger partial charge in [0.05, 0.1) is 11.6 Å². The molecule has 3 aromatic rings. The predicted octanol–water partition coefficient (Wildman–Crippen LogP) is 5.35. The second-order valence-corrected chi connectivity index (χ2v) is 6.40. The predicted molar refractivity (Wildman–Crippen MR) is 96.1 cm³/mol. The quantitative estimate of drug-likeness (QED) is 0.698. The minimum Gasteiger partial charge on any atom is -0.506 e. The first-order valence-corrected chi connectivity index (χ1v) is 8.37. The van der Waals surface area contributed by atoms with Gasteiger partial charge in [-0.3, -0.25) is 0 Å². The van der Waals surface area contributed by atoms with Crippen LogP contribution in [0, 0.1) is 0 Å². The van der Waals surface area contributed by atoms with E-state index in [0.29, 0.717) is 11.6 Å². The Morgan fingerprint density at radius 1 is 0.875 bits per heavy atom. The largest absolute Gasteiger partial charge is 0.506 e. The topological polar surface area (TPSA) is 29.5 Å². The van der Waals surface area contributed by atoms with Crippen LogP contribution in [0.1, 0.15) is 28.5 Å². The van der Waals surface area contributed by atoms with Gasteiger partial charge in [0.25, 0.3) is 0 Å². The molecule has 0 saturated heterocycles. The Morgan fingerprint density at radius 3 is 2.04 bits per heavy atom.